The van der Waals surface area contributed by atoms with Gasteiger partial charge in [0.1, 0.15) is 23.6 Å². The molecule has 0 aliphatic carbocycles. The zero-order valence-corrected chi connectivity index (χ0v) is 18.9. The molecule has 0 saturated carbocycles. The van der Waals surface area contributed by atoms with Gasteiger partial charge >= 0.3 is 5.97 Å². The Labute approximate surface area is 190 Å². The van der Waals surface area contributed by atoms with Crippen LogP contribution in [0, 0.1) is 17.7 Å². The number of carbonyl (C=O) groups excluding carboxylic acids is 4. The molecule has 3 rings (SSSR count). The molecule has 3 atom stereocenters. The zero-order valence-electron chi connectivity index (χ0n) is 18.9. The summed E-state index contributed by atoms with van der Waals surface area (Å²) in [6, 6.07) is 3.89. The Bertz CT molecular complexity index is 1050. The average Bonchev–Trinajstić information content (AvgIpc) is 3.39. The van der Waals surface area contributed by atoms with E-state index in [2.05, 4.69) is 20.9 Å². The summed E-state index contributed by atoms with van der Waals surface area (Å²) < 4.78 is 18.8. The van der Waals surface area contributed by atoms with Gasteiger partial charge in [0, 0.05) is 23.4 Å². The Hall–Kier alpha value is -3.43. The van der Waals surface area contributed by atoms with Crippen LogP contribution < -0.4 is 16.0 Å². The van der Waals surface area contributed by atoms with E-state index in [1.807, 2.05) is 13.8 Å². The third kappa shape index (κ3) is 5.88. The van der Waals surface area contributed by atoms with Gasteiger partial charge in [-0.15, -0.1) is 0 Å². The third-order valence-corrected chi connectivity index (χ3v) is 5.67. The molecule has 2 aromatic rings. The second-order valence-electron chi connectivity index (χ2n) is 8.64. The number of esters is 1. The van der Waals surface area contributed by atoms with Gasteiger partial charge in [0.2, 0.25) is 11.8 Å². The van der Waals surface area contributed by atoms with Gasteiger partial charge < -0.3 is 25.7 Å². The van der Waals surface area contributed by atoms with E-state index < -0.39 is 41.6 Å². The molecule has 33 heavy (non-hydrogen) atoms. The van der Waals surface area contributed by atoms with Gasteiger partial charge in [-0.05, 0) is 43.4 Å². The lowest BCUT2D eigenvalue weighted by molar-refractivity contribution is -0.146. The van der Waals surface area contributed by atoms with Crippen molar-refractivity contribution >= 4 is 34.6 Å². The minimum atomic E-state index is -1.02. The fourth-order valence-electron chi connectivity index (χ4n) is 3.96. The number of aromatic nitrogens is 1. The van der Waals surface area contributed by atoms with Crippen molar-refractivity contribution in [2.24, 2.45) is 11.8 Å². The van der Waals surface area contributed by atoms with Gasteiger partial charge in [-0.25, -0.2) is 9.18 Å². The lowest BCUT2D eigenvalue weighted by atomic mass is 9.97. The van der Waals surface area contributed by atoms with Gasteiger partial charge in [0.25, 0.3) is 5.91 Å². The van der Waals surface area contributed by atoms with Crippen LogP contribution in [0.4, 0.5) is 4.39 Å². The number of aromatic amines is 1. The van der Waals surface area contributed by atoms with Crippen LogP contribution in [0.5, 0.6) is 0 Å². The molecule has 0 radical (unpaired) electrons. The molecule has 9 nitrogen and oxygen atoms in total. The topological polar surface area (TPSA) is 129 Å². The molecule has 1 aliphatic rings. The molecule has 3 amide bonds. The van der Waals surface area contributed by atoms with Crippen LogP contribution >= 0.6 is 0 Å². The normalized spacial score (nSPS) is 17.5. The van der Waals surface area contributed by atoms with E-state index >= 15 is 0 Å². The molecule has 10 heteroatoms. The van der Waals surface area contributed by atoms with E-state index in [9.17, 15) is 23.6 Å². The van der Waals surface area contributed by atoms with E-state index in [1.165, 1.54) is 25.3 Å². The predicted molar refractivity (Wildman–Crippen MR) is 119 cm³/mol. The van der Waals surface area contributed by atoms with Crippen LogP contribution in [-0.2, 0) is 19.1 Å². The highest BCUT2D eigenvalue weighted by molar-refractivity contribution is 6.00. The zero-order chi connectivity index (χ0) is 24.1. The number of hydrogen-bond donors (Lipinski definition) is 4. The minimum absolute atomic E-state index is 0.0541. The van der Waals surface area contributed by atoms with Gasteiger partial charge in [0.05, 0.1) is 7.11 Å². The Kier molecular flexibility index (Phi) is 7.67. The summed E-state index contributed by atoms with van der Waals surface area (Å²) in [5, 5.41) is 8.28. The molecular weight excluding hydrogens is 431 g/mol. The van der Waals surface area contributed by atoms with Crippen molar-refractivity contribution < 1.29 is 28.3 Å². The lowest BCUT2D eigenvalue weighted by Gasteiger charge is -2.24. The number of nitrogens with one attached hydrogen (secondary N) is 4. The first kappa shape index (κ1) is 24.2. The first-order chi connectivity index (χ1) is 15.7. The summed E-state index contributed by atoms with van der Waals surface area (Å²) in [5.41, 5.74) is 0.578. The standard InChI is InChI=1S/C23H29FN4O5/c1-12(2)9-17(27-22(31)18-11-14-15(24)5-4-6-16(14)26-18)21(30)28-19(23(32)33-3)10-13-7-8-25-20(13)29/h4-6,11-13,17,19,26H,7-10H2,1-3H3,(H,25,29)(H,27,31)(H,28,30)/t13-,17-,19-/m0/s1. The van der Waals surface area contributed by atoms with Crippen LogP contribution in [-0.4, -0.2) is 54.4 Å². The highest BCUT2D eigenvalue weighted by Gasteiger charge is 2.34. The molecule has 178 valence electrons. The van der Waals surface area contributed by atoms with Crippen LogP contribution in [0.3, 0.4) is 0 Å². The SMILES string of the molecule is COC(=O)[C@H](C[C@@H]1CCNC1=O)NC(=O)[C@H](CC(C)C)NC(=O)c1cc2c(F)cccc2[nH]1. The van der Waals surface area contributed by atoms with Crippen molar-refractivity contribution in [3.63, 3.8) is 0 Å². The summed E-state index contributed by atoms with van der Waals surface area (Å²) in [5.74, 6) is -2.78. The van der Waals surface area contributed by atoms with Gasteiger partial charge in [-0.2, -0.15) is 0 Å². The molecule has 1 aromatic carbocycles. The van der Waals surface area contributed by atoms with Crippen molar-refractivity contribution in [2.45, 2.75) is 45.2 Å². The molecule has 1 aliphatic heterocycles. The Morgan fingerprint density at radius 3 is 2.58 bits per heavy atom. The second-order valence-corrected chi connectivity index (χ2v) is 8.64. The molecule has 2 heterocycles. The third-order valence-electron chi connectivity index (χ3n) is 5.67. The smallest absolute Gasteiger partial charge is 0.328 e. The molecular formula is C23H29FN4O5. The van der Waals surface area contributed by atoms with Crippen molar-refractivity contribution in [3.8, 4) is 0 Å². The molecule has 1 fully saturated rings. The maximum absolute atomic E-state index is 14.0. The van der Waals surface area contributed by atoms with E-state index in [0.29, 0.717) is 24.9 Å². The van der Waals surface area contributed by atoms with Crippen molar-refractivity contribution in [2.75, 3.05) is 13.7 Å². The molecule has 1 aromatic heterocycles. The van der Waals surface area contributed by atoms with E-state index in [-0.39, 0.29) is 29.3 Å². The van der Waals surface area contributed by atoms with Crippen LogP contribution in [0.2, 0.25) is 0 Å². The molecule has 0 unspecified atom stereocenters. The Morgan fingerprint density at radius 2 is 1.97 bits per heavy atom. The van der Waals surface area contributed by atoms with E-state index in [0.717, 1.165) is 0 Å². The maximum Gasteiger partial charge on any atom is 0.328 e. The average molecular weight is 461 g/mol. The fourth-order valence-corrected chi connectivity index (χ4v) is 3.96. The van der Waals surface area contributed by atoms with Crippen LogP contribution in [0.15, 0.2) is 24.3 Å². The number of ether oxygens (including phenoxy) is 1. The van der Waals surface area contributed by atoms with Crippen molar-refractivity contribution in [1.29, 1.82) is 0 Å². The summed E-state index contributed by atoms with van der Waals surface area (Å²) >= 11 is 0. The fraction of sp³-hybridized carbons (Fsp3) is 0.478. The largest absolute Gasteiger partial charge is 0.467 e. The second kappa shape index (κ2) is 10.5. The Balaban J connectivity index is 1.74. The number of halogens is 1. The number of hydrogen-bond acceptors (Lipinski definition) is 5. The maximum atomic E-state index is 14.0. The van der Waals surface area contributed by atoms with Gasteiger partial charge in [0.15, 0.2) is 0 Å². The minimum Gasteiger partial charge on any atom is -0.467 e. The molecule has 4 N–H and O–H groups in total. The van der Waals surface area contributed by atoms with Gasteiger partial charge in [-0.1, -0.05) is 19.9 Å². The number of fused-ring (bicyclic) bond motifs is 1. The van der Waals surface area contributed by atoms with Crippen LogP contribution in [0.1, 0.15) is 43.6 Å². The van der Waals surface area contributed by atoms with Crippen molar-refractivity contribution in [1.82, 2.24) is 20.9 Å². The quantitative estimate of drug-likeness (QED) is 0.423. The van der Waals surface area contributed by atoms with E-state index in [4.69, 9.17) is 4.74 Å². The molecule has 1 saturated heterocycles. The highest BCUT2D eigenvalue weighted by atomic mass is 19.1. The number of methoxy groups -OCH3 is 1. The first-order valence-corrected chi connectivity index (χ1v) is 10.9. The first-order valence-electron chi connectivity index (χ1n) is 10.9. The highest BCUT2D eigenvalue weighted by Crippen LogP contribution is 2.20. The molecule has 0 bridgehead atoms. The Morgan fingerprint density at radius 1 is 1.21 bits per heavy atom. The van der Waals surface area contributed by atoms with Crippen LogP contribution in [0.25, 0.3) is 10.9 Å². The summed E-state index contributed by atoms with van der Waals surface area (Å²) in [7, 11) is 1.21. The number of H-pyrrole nitrogens is 1. The molecule has 0 spiro atoms. The monoisotopic (exact) mass is 460 g/mol. The predicted octanol–water partition coefficient (Wildman–Crippen LogP) is 1.64. The van der Waals surface area contributed by atoms with Gasteiger partial charge in [-0.3, -0.25) is 14.4 Å². The number of benzene rings is 1. The summed E-state index contributed by atoms with van der Waals surface area (Å²) in [6.45, 7) is 4.30. The van der Waals surface area contributed by atoms with Crippen molar-refractivity contribution in [3.05, 3.63) is 35.8 Å². The summed E-state index contributed by atoms with van der Waals surface area (Å²) in [4.78, 5) is 52.9. The number of amides is 3. The summed E-state index contributed by atoms with van der Waals surface area (Å²) in [6.07, 6.45) is 0.975. The lowest BCUT2D eigenvalue weighted by Crippen LogP contribution is -2.53. The number of rotatable bonds is 9. The van der Waals surface area contributed by atoms with E-state index in [1.54, 1.807) is 6.07 Å². The number of carbonyl (C=O) groups is 4.